The van der Waals surface area contributed by atoms with Crippen molar-refractivity contribution in [2.75, 3.05) is 38.5 Å². The molecule has 25 heavy (non-hydrogen) atoms. The van der Waals surface area contributed by atoms with Crippen molar-refractivity contribution in [2.45, 2.75) is 6.92 Å². The van der Waals surface area contributed by atoms with Crippen LogP contribution in [0.1, 0.15) is 26.3 Å². The molecule has 1 heterocycles. The standard InChI is InChI=1S/C20H23N3O2/c1-15-7-3-4-8-16(15)19(24)21-18-10-6-5-9-17(18)20(25)23-13-11-22(2)12-14-23/h3-10H,11-14H2,1-2H3,(H,21,24)/p+1. The molecule has 2 aromatic rings. The molecular weight excluding hydrogens is 314 g/mol. The van der Waals surface area contributed by atoms with Crippen LogP contribution in [0.5, 0.6) is 0 Å². The maximum Gasteiger partial charge on any atom is 0.256 e. The number of carbonyl (C=O) groups is 2. The van der Waals surface area contributed by atoms with E-state index < -0.39 is 0 Å². The summed E-state index contributed by atoms with van der Waals surface area (Å²) in [6.07, 6.45) is 0. The maximum absolute atomic E-state index is 12.9. The lowest BCUT2D eigenvalue weighted by atomic mass is 10.1. The fourth-order valence-corrected chi connectivity index (χ4v) is 3.06. The van der Waals surface area contributed by atoms with Gasteiger partial charge >= 0.3 is 0 Å². The Hall–Kier alpha value is -2.66. The van der Waals surface area contributed by atoms with Crippen LogP contribution in [-0.2, 0) is 0 Å². The van der Waals surface area contributed by atoms with Crippen LogP contribution < -0.4 is 10.2 Å². The molecule has 0 aliphatic carbocycles. The number of nitrogens with zero attached hydrogens (tertiary/aromatic N) is 1. The maximum atomic E-state index is 12.9. The van der Waals surface area contributed by atoms with Gasteiger partial charge in [-0.15, -0.1) is 0 Å². The first-order valence-electron chi connectivity index (χ1n) is 8.63. The summed E-state index contributed by atoms with van der Waals surface area (Å²) in [6, 6.07) is 14.7. The van der Waals surface area contributed by atoms with Crippen molar-refractivity contribution in [3.05, 3.63) is 65.2 Å². The van der Waals surface area contributed by atoms with Crippen LogP contribution in [0.2, 0.25) is 0 Å². The molecule has 2 N–H and O–H groups in total. The lowest BCUT2D eigenvalue weighted by Gasteiger charge is -2.30. The lowest BCUT2D eigenvalue weighted by molar-refractivity contribution is -0.883. The Kier molecular flexibility index (Phi) is 5.14. The van der Waals surface area contributed by atoms with Crippen LogP contribution in [0, 0.1) is 6.92 Å². The van der Waals surface area contributed by atoms with Crippen LogP contribution in [0.4, 0.5) is 5.69 Å². The average molecular weight is 338 g/mol. The molecule has 2 aromatic carbocycles. The lowest BCUT2D eigenvalue weighted by Crippen LogP contribution is -3.12. The Balaban J connectivity index is 1.80. The van der Waals surface area contributed by atoms with Crippen molar-refractivity contribution >= 4 is 17.5 Å². The summed E-state index contributed by atoms with van der Waals surface area (Å²) in [5.74, 6) is -0.214. The number of para-hydroxylation sites is 1. The van der Waals surface area contributed by atoms with Crippen molar-refractivity contribution in [3.63, 3.8) is 0 Å². The molecule has 0 unspecified atom stereocenters. The van der Waals surface area contributed by atoms with Gasteiger partial charge in [0.1, 0.15) is 0 Å². The largest absolute Gasteiger partial charge is 0.334 e. The number of amides is 2. The summed E-state index contributed by atoms with van der Waals surface area (Å²) in [5, 5.41) is 2.90. The molecule has 5 heteroatoms. The van der Waals surface area contributed by atoms with Gasteiger partial charge in [0, 0.05) is 5.56 Å². The fourth-order valence-electron chi connectivity index (χ4n) is 3.06. The summed E-state index contributed by atoms with van der Waals surface area (Å²) in [5.41, 5.74) is 2.63. The van der Waals surface area contributed by atoms with Gasteiger partial charge < -0.3 is 15.1 Å². The summed E-state index contributed by atoms with van der Waals surface area (Å²) >= 11 is 0. The highest BCUT2D eigenvalue weighted by molar-refractivity contribution is 6.09. The summed E-state index contributed by atoms with van der Waals surface area (Å²) < 4.78 is 0. The molecule has 1 aliphatic heterocycles. The topological polar surface area (TPSA) is 53.9 Å². The highest BCUT2D eigenvalue weighted by Gasteiger charge is 2.24. The first-order valence-corrected chi connectivity index (χ1v) is 8.63. The van der Waals surface area contributed by atoms with E-state index in [0.717, 1.165) is 31.7 Å². The van der Waals surface area contributed by atoms with Gasteiger partial charge in [0.05, 0.1) is 44.5 Å². The summed E-state index contributed by atoms with van der Waals surface area (Å²) in [4.78, 5) is 28.8. The van der Waals surface area contributed by atoms with Crippen LogP contribution in [0.15, 0.2) is 48.5 Å². The molecule has 1 saturated heterocycles. The monoisotopic (exact) mass is 338 g/mol. The molecule has 2 amide bonds. The zero-order chi connectivity index (χ0) is 17.8. The quantitative estimate of drug-likeness (QED) is 0.884. The second-order valence-corrected chi connectivity index (χ2v) is 6.56. The van der Waals surface area contributed by atoms with Crippen molar-refractivity contribution in [3.8, 4) is 0 Å². The van der Waals surface area contributed by atoms with E-state index in [2.05, 4.69) is 12.4 Å². The highest BCUT2D eigenvalue weighted by Crippen LogP contribution is 2.19. The molecule has 1 fully saturated rings. The Labute approximate surface area is 148 Å². The number of hydrogen-bond acceptors (Lipinski definition) is 2. The van der Waals surface area contributed by atoms with E-state index in [1.54, 1.807) is 18.2 Å². The number of rotatable bonds is 3. The SMILES string of the molecule is Cc1ccccc1C(=O)Nc1ccccc1C(=O)N1CC[NH+](C)CC1. The Bertz CT molecular complexity index is 780. The number of quaternary nitrogens is 1. The molecule has 0 bridgehead atoms. The fraction of sp³-hybridized carbons (Fsp3) is 0.300. The van der Waals surface area contributed by atoms with Gasteiger partial charge in [-0.05, 0) is 30.7 Å². The third-order valence-electron chi connectivity index (χ3n) is 4.70. The summed E-state index contributed by atoms with van der Waals surface area (Å²) in [6.45, 7) is 5.28. The van der Waals surface area contributed by atoms with Crippen molar-refractivity contribution in [1.82, 2.24) is 4.90 Å². The van der Waals surface area contributed by atoms with E-state index >= 15 is 0 Å². The second-order valence-electron chi connectivity index (χ2n) is 6.56. The number of carbonyl (C=O) groups excluding carboxylic acids is 2. The molecule has 0 radical (unpaired) electrons. The zero-order valence-electron chi connectivity index (χ0n) is 14.7. The predicted molar refractivity (Wildman–Crippen MR) is 98.1 cm³/mol. The van der Waals surface area contributed by atoms with E-state index in [0.29, 0.717) is 16.8 Å². The minimum Gasteiger partial charge on any atom is -0.334 e. The molecule has 0 aromatic heterocycles. The number of nitrogens with one attached hydrogen (secondary N) is 2. The van der Waals surface area contributed by atoms with Gasteiger partial charge in [-0.1, -0.05) is 30.3 Å². The van der Waals surface area contributed by atoms with Gasteiger partial charge in [0.15, 0.2) is 0 Å². The minimum atomic E-state index is -0.193. The number of hydrogen-bond donors (Lipinski definition) is 2. The third-order valence-corrected chi connectivity index (χ3v) is 4.70. The minimum absolute atomic E-state index is 0.0202. The van der Waals surface area contributed by atoms with E-state index in [9.17, 15) is 9.59 Å². The van der Waals surface area contributed by atoms with Gasteiger partial charge in [-0.25, -0.2) is 0 Å². The molecule has 0 atom stereocenters. The number of likely N-dealkylation sites (N-methyl/N-ethyl adjacent to an activating group) is 1. The highest BCUT2D eigenvalue weighted by atomic mass is 16.2. The van der Waals surface area contributed by atoms with E-state index in [4.69, 9.17) is 0 Å². The van der Waals surface area contributed by atoms with Gasteiger partial charge in [0.2, 0.25) is 0 Å². The molecule has 0 saturated carbocycles. The molecule has 3 rings (SSSR count). The normalized spacial score (nSPS) is 15.0. The van der Waals surface area contributed by atoms with Crippen LogP contribution in [0.3, 0.4) is 0 Å². The number of anilines is 1. The second kappa shape index (κ2) is 7.49. The van der Waals surface area contributed by atoms with E-state index in [1.807, 2.05) is 42.2 Å². The molecule has 0 spiro atoms. The number of aryl methyl sites for hydroxylation is 1. The Morgan fingerprint density at radius 3 is 2.24 bits per heavy atom. The van der Waals surface area contributed by atoms with Gasteiger partial charge in [-0.2, -0.15) is 0 Å². The van der Waals surface area contributed by atoms with Gasteiger partial charge in [0.25, 0.3) is 11.8 Å². The Morgan fingerprint density at radius 1 is 0.960 bits per heavy atom. The molecule has 130 valence electrons. The van der Waals surface area contributed by atoms with Crippen molar-refractivity contribution in [1.29, 1.82) is 0 Å². The van der Waals surface area contributed by atoms with E-state index in [1.165, 1.54) is 4.90 Å². The third kappa shape index (κ3) is 3.88. The van der Waals surface area contributed by atoms with Gasteiger partial charge in [-0.3, -0.25) is 9.59 Å². The van der Waals surface area contributed by atoms with Crippen molar-refractivity contribution in [2.24, 2.45) is 0 Å². The number of benzene rings is 2. The molecule has 5 nitrogen and oxygen atoms in total. The van der Waals surface area contributed by atoms with Crippen molar-refractivity contribution < 1.29 is 14.5 Å². The summed E-state index contributed by atoms with van der Waals surface area (Å²) in [7, 11) is 2.14. The van der Waals surface area contributed by atoms with Crippen LogP contribution in [0.25, 0.3) is 0 Å². The molecule has 1 aliphatic rings. The number of piperazine rings is 1. The first kappa shape index (κ1) is 17.2. The van der Waals surface area contributed by atoms with E-state index in [-0.39, 0.29) is 11.8 Å². The Morgan fingerprint density at radius 2 is 1.56 bits per heavy atom. The predicted octanol–water partition coefficient (Wildman–Crippen LogP) is 1.22. The first-order chi connectivity index (χ1) is 12.1. The average Bonchev–Trinajstić information content (AvgIpc) is 2.62. The smallest absolute Gasteiger partial charge is 0.256 e. The van der Waals surface area contributed by atoms with Crippen LogP contribution in [-0.4, -0.2) is 49.9 Å². The molecular formula is C20H24N3O2+. The van der Waals surface area contributed by atoms with Crippen LogP contribution >= 0.6 is 0 Å². The zero-order valence-corrected chi connectivity index (χ0v) is 14.7.